The van der Waals surface area contributed by atoms with Gasteiger partial charge in [0.05, 0.1) is 19.2 Å². The molecule has 5 amide bonds. The lowest BCUT2D eigenvalue weighted by Crippen LogP contribution is -2.60. The number of benzene rings is 1. The number of aliphatic hydroxyl groups is 1. The minimum atomic E-state index is -1.29. The molecular formula is C26H37N5O7. The van der Waals surface area contributed by atoms with Crippen molar-refractivity contribution in [2.24, 2.45) is 5.92 Å². The summed E-state index contributed by atoms with van der Waals surface area (Å²) in [5.41, 5.74) is 0.796. The van der Waals surface area contributed by atoms with Crippen LogP contribution in [0.25, 0.3) is 0 Å². The number of hydrogen-bond acceptors (Lipinski definition) is 7. The van der Waals surface area contributed by atoms with Crippen molar-refractivity contribution in [1.82, 2.24) is 25.8 Å². The molecule has 2 bridgehead atoms. The Morgan fingerprint density at radius 3 is 2.37 bits per heavy atom. The third kappa shape index (κ3) is 7.51. The van der Waals surface area contributed by atoms with Gasteiger partial charge in [-0.25, -0.2) is 0 Å². The van der Waals surface area contributed by atoms with E-state index in [0.717, 1.165) is 5.56 Å². The van der Waals surface area contributed by atoms with E-state index in [1.54, 1.807) is 13.8 Å². The van der Waals surface area contributed by atoms with Crippen molar-refractivity contribution < 1.29 is 33.8 Å². The van der Waals surface area contributed by atoms with Gasteiger partial charge in [0.2, 0.25) is 17.7 Å². The van der Waals surface area contributed by atoms with Gasteiger partial charge in [0.25, 0.3) is 11.8 Å². The summed E-state index contributed by atoms with van der Waals surface area (Å²) in [6, 6.07) is 7.22. The van der Waals surface area contributed by atoms with Crippen LogP contribution in [0.2, 0.25) is 0 Å². The van der Waals surface area contributed by atoms with Crippen LogP contribution in [-0.2, 0) is 35.1 Å². The number of hydrogen-bond donors (Lipinski definition) is 4. The SMILES string of the molecule is CC(C)[C@@H]1NC(=O)CN(C)C(=O)[C@@H](Cc2ccccc2)NC(=O)[C@H]2CN(C(=O)[C@@H](C)O)C[C@H](CNC1=O)O2. The molecule has 208 valence electrons. The summed E-state index contributed by atoms with van der Waals surface area (Å²) in [6.45, 7) is 4.47. The molecule has 12 heteroatoms. The number of nitrogens with one attached hydrogen (secondary N) is 3. The van der Waals surface area contributed by atoms with Crippen LogP contribution in [0.4, 0.5) is 0 Å². The number of likely N-dealkylation sites (N-methyl/N-ethyl adjacent to an activating group) is 1. The van der Waals surface area contributed by atoms with Crippen LogP contribution in [0.3, 0.4) is 0 Å². The van der Waals surface area contributed by atoms with E-state index in [9.17, 15) is 29.1 Å². The van der Waals surface area contributed by atoms with Crippen LogP contribution in [0.5, 0.6) is 0 Å². The first-order chi connectivity index (χ1) is 18.0. The summed E-state index contributed by atoms with van der Waals surface area (Å²) < 4.78 is 5.95. The van der Waals surface area contributed by atoms with E-state index in [-0.39, 0.29) is 38.5 Å². The number of carbonyl (C=O) groups is 5. The second kappa shape index (κ2) is 12.8. The van der Waals surface area contributed by atoms with Gasteiger partial charge in [0.1, 0.15) is 18.2 Å². The molecule has 0 saturated carbocycles. The highest BCUT2D eigenvalue weighted by Gasteiger charge is 2.38. The van der Waals surface area contributed by atoms with Gasteiger partial charge in [-0.15, -0.1) is 0 Å². The summed E-state index contributed by atoms with van der Waals surface area (Å²) in [5, 5.41) is 18.0. The molecule has 2 aliphatic rings. The minimum Gasteiger partial charge on any atom is -0.384 e. The Kier molecular flexibility index (Phi) is 9.81. The Balaban J connectivity index is 1.94. The van der Waals surface area contributed by atoms with Crippen LogP contribution < -0.4 is 16.0 Å². The second-order valence-electron chi connectivity index (χ2n) is 10.1. The first-order valence-corrected chi connectivity index (χ1v) is 12.7. The van der Waals surface area contributed by atoms with Crippen molar-refractivity contribution in [3.8, 4) is 0 Å². The van der Waals surface area contributed by atoms with Gasteiger partial charge in [0, 0.05) is 26.6 Å². The van der Waals surface area contributed by atoms with E-state index in [4.69, 9.17) is 4.74 Å². The second-order valence-corrected chi connectivity index (χ2v) is 10.1. The van der Waals surface area contributed by atoms with Gasteiger partial charge < -0.3 is 35.6 Å². The molecule has 1 aromatic rings. The molecular weight excluding hydrogens is 494 g/mol. The molecule has 2 aliphatic heterocycles. The Labute approximate surface area is 222 Å². The van der Waals surface area contributed by atoms with Gasteiger partial charge in [0.15, 0.2) is 6.10 Å². The van der Waals surface area contributed by atoms with Gasteiger partial charge in [-0.05, 0) is 18.4 Å². The molecule has 2 fully saturated rings. The van der Waals surface area contributed by atoms with Crippen molar-refractivity contribution in [3.63, 3.8) is 0 Å². The molecule has 0 spiro atoms. The van der Waals surface area contributed by atoms with E-state index in [1.165, 1.54) is 23.8 Å². The average molecular weight is 532 g/mol. The molecule has 2 saturated heterocycles. The van der Waals surface area contributed by atoms with Gasteiger partial charge in [-0.2, -0.15) is 0 Å². The van der Waals surface area contributed by atoms with E-state index in [1.807, 2.05) is 30.3 Å². The molecule has 0 radical (unpaired) electrons. The lowest BCUT2D eigenvalue weighted by Gasteiger charge is -2.38. The molecule has 2 heterocycles. The fourth-order valence-electron chi connectivity index (χ4n) is 4.49. The standard InChI is InChI=1S/C26H37N5O7/c1-15(2)22-24(35)27-11-18-12-31(25(36)16(3)32)13-20(38-18)23(34)28-19(10-17-8-6-5-7-9-17)26(37)30(4)14-21(33)29-22/h5-9,15-16,18-20,22,32H,10-14H2,1-4H3,(H,27,35)(H,28,34)(H,29,33)/t16-,18+,19-,20-,22+/m1/s1. The molecule has 1 aromatic carbocycles. The first kappa shape index (κ1) is 29.1. The number of nitrogens with zero attached hydrogens (tertiary/aromatic N) is 2. The average Bonchev–Trinajstić information content (AvgIpc) is 2.88. The van der Waals surface area contributed by atoms with Crippen molar-refractivity contribution in [2.75, 3.05) is 33.2 Å². The first-order valence-electron chi connectivity index (χ1n) is 12.7. The number of amides is 5. The molecule has 12 nitrogen and oxygen atoms in total. The Morgan fingerprint density at radius 2 is 1.74 bits per heavy atom. The topological polar surface area (TPSA) is 157 Å². The number of ether oxygens (including phenoxy) is 1. The third-order valence-electron chi connectivity index (χ3n) is 6.55. The smallest absolute Gasteiger partial charge is 0.251 e. The normalized spacial score (nSPS) is 26.6. The lowest BCUT2D eigenvalue weighted by atomic mass is 10.0. The largest absolute Gasteiger partial charge is 0.384 e. The number of rotatable bonds is 4. The number of fused-ring (bicyclic) bond motifs is 2. The maximum Gasteiger partial charge on any atom is 0.251 e. The number of aliphatic hydroxyl groups excluding tert-OH is 1. The molecule has 0 aliphatic carbocycles. The zero-order chi connectivity index (χ0) is 28.0. The highest BCUT2D eigenvalue weighted by atomic mass is 16.5. The van der Waals surface area contributed by atoms with Crippen molar-refractivity contribution in [3.05, 3.63) is 35.9 Å². The summed E-state index contributed by atoms with van der Waals surface area (Å²) in [4.78, 5) is 67.6. The van der Waals surface area contributed by atoms with Crippen LogP contribution in [0, 0.1) is 5.92 Å². The van der Waals surface area contributed by atoms with E-state index >= 15 is 0 Å². The van der Waals surface area contributed by atoms with E-state index in [0.29, 0.717) is 0 Å². The summed E-state index contributed by atoms with van der Waals surface area (Å²) >= 11 is 0. The van der Waals surface area contributed by atoms with Crippen molar-refractivity contribution >= 4 is 29.5 Å². The molecule has 0 unspecified atom stereocenters. The monoisotopic (exact) mass is 531 g/mol. The maximum atomic E-state index is 13.4. The summed E-state index contributed by atoms with van der Waals surface area (Å²) in [6.07, 6.45) is -3.03. The molecule has 5 atom stereocenters. The van der Waals surface area contributed by atoms with Crippen LogP contribution in [-0.4, -0.2) is 108 Å². The predicted octanol–water partition coefficient (Wildman–Crippen LogP) is -1.58. The van der Waals surface area contributed by atoms with E-state index in [2.05, 4.69) is 16.0 Å². The minimum absolute atomic E-state index is 0.0302. The molecule has 4 N–H and O–H groups in total. The highest BCUT2D eigenvalue weighted by molar-refractivity contribution is 5.93. The van der Waals surface area contributed by atoms with Gasteiger partial charge >= 0.3 is 0 Å². The van der Waals surface area contributed by atoms with Crippen LogP contribution in [0.15, 0.2) is 30.3 Å². The van der Waals surface area contributed by atoms with Gasteiger partial charge in [-0.1, -0.05) is 44.2 Å². The quantitative estimate of drug-likeness (QED) is 0.365. The molecule has 0 aromatic heterocycles. The Hall–Kier alpha value is -3.51. The summed E-state index contributed by atoms with van der Waals surface area (Å²) in [5.74, 6) is -2.92. The zero-order valence-electron chi connectivity index (χ0n) is 22.2. The van der Waals surface area contributed by atoms with Gasteiger partial charge in [-0.3, -0.25) is 24.0 Å². The van der Waals surface area contributed by atoms with Crippen molar-refractivity contribution in [1.29, 1.82) is 0 Å². The fourth-order valence-corrected chi connectivity index (χ4v) is 4.49. The summed E-state index contributed by atoms with van der Waals surface area (Å²) in [7, 11) is 1.45. The highest BCUT2D eigenvalue weighted by Crippen LogP contribution is 2.15. The third-order valence-corrected chi connectivity index (χ3v) is 6.55. The zero-order valence-corrected chi connectivity index (χ0v) is 22.2. The molecule has 38 heavy (non-hydrogen) atoms. The van der Waals surface area contributed by atoms with Crippen LogP contribution >= 0.6 is 0 Å². The van der Waals surface area contributed by atoms with Crippen molar-refractivity contribution in [2.45, 2.75) is 57.6 Å². The fraction of sp³-hybridized carbons (Fsp3) is 0.577. The molecule has 3 rings (SSSR count). The lowest BCUT2D eigenvalue weighted by molar-refractivity contribution is -0.161. The van der Waals surface area contributed by atoms with E-state index < -0.39 is 59.9 Å². The maximum absolute atomic E-state index is 13.4. The number of morpholine rings is 1. The Bertz CT molecular complexity index is 1030. The predicted molar refractivity (Wildman–Crippen MR) is 136 cm³/mol. The Morgan fingerprint density at radius 1 is 1.05 bits per heavy atom. The van der Waals surface area contributed by atoms with Crippen LogP contribution in [0.1, 0.15) is 26.3 Å². The number of carbonyl (C=O) groups excluding carboxylic acids is 5.